The van der Waals surface area contributed by atoms with Crippen LogP contribution >= 0.6 is 23.1 Å². The van der Waals surface area contributed by atoms with Crippen molar-refractivity contribution in [3.63, 3.8) is 0 Å². The van der Waals surface area contributed by atoms with Gasteiger partial charge in [0, 0.05) is 16.8 Å². The van der Waals surface area contributed by atoms with E-state index in [4.69, 9.17) is 0 Å². The highest BCUT2D eigenvalue weighted by molar-refractivity contribution is 7.99. The lowest BCUT2D eigenvalue weighted by Gasteiger charge is -2.14. The molecule has 17 heavy (non-hydrogen) atoms. The summed E-state index contributed by atoms with van der Waals surface area (Å²) in [5.41, 5.74) is 0. The first-order valence-corrected chi connectivity index (χ1v) is 7.03. The molecule has 0 aliphatic carbocycles. The van der Waals surface area contributed by atoms with Crippen LogP contribution in [0.2, 0.25) is 0 Å². The summed E-state index contributed by atoms with van der Waals surface area (Å²) in [6, 6.07) is -0.0731. The maximum Gasteiger partial charge on any atom is 0.443 e. The van der Waals surface area contributed by atoms with Gasteiger partial charge < -0.3 is 5.32 Å². The van der Waals surface area contributed by atoms with Crippen molar-refractivity contribution >= 4 is 23.1 Å². The summed E-state index contributed by atoms with van der Waals surface area (Å²) in [5, 5.41) is 2.70. The molecule has 1 atom stereocenters. The summed E-state index contributed by atoms with van der Waals surface area (Å²) in [4.78, 5) is 4.06. The van der Waals surface area contributed by atoms with E-state index in [1.807, 2.05) is 0 Å². The molecule has 98 valence electrons. The molecule has 0 radical (unpaired) electrons. The van der Waals surface area contributed by atoms with Gasteiger partial charge in [-0.05, 0) is 12.3 Å². The van der Waals surface area contributed by atoms with Gasteiger partial charge >= 0.3 is 6.18 Å². The second-order valence-electron chi connectivity index (χ2n) is 3.79. The molecule has 0 amide bonds. The van der Waals surface area contributed by atoms with Crippen LogP contribution in [0.5, 0.6) is 0 Å². The third-order valence-corrected chi connectivity index (χ3v) is 4.40. The van der Waals surface area contributed by atoms with Crippen molar-refractivity contribution in [2.75, 3.05) is 12.8 Å². The highest BCUT2D eigenvalue weighted by Gasteiger charge is 2.35. The number of rotatable bonds is 5. The van der Waals surface area contributed by atoms with Crippen LogP contribution in [-0.4, -0.2) is 23.0 Å². The molecule has 0 saturated carbocycles. The zero-order valence-corrected chi connectivity index (χ0v) is 11.5. The third-order valence-electron chi connectivity index (χ3n) is 2.05. The number of nitrogens with one attached hydrogen (secondary N) is 1. The topological polar surface area (TPSA) is 24.9 Å². The van der Waals surface area contributed by atoms with Gasteiger partial charge in [-0.25, -0.2) is 4.98 Å². The van der Waals surface area contributed by atoms with Crippen LogP contribution < -0.4 is 5.32 Å². The second-order valence-corrected chi connectivity index (χ2v) is 6.46. The van der Waals surface area contributed by atoms with E-state index in [9.17, 15) is 13.2 Å². The summed E-state index contributed by atoms with van der Waals surface area (Å²) >= 11 is 2.42. The molecular weight excluding hydrogens is 269 g/mol. The normalized spacial score (nSPS) is 14.3. The Morgan fingerprint density at radius 2 is 2.12 bits per heavy atom. The van der Waals surface area contributed by atoms with E-state index in [1.54, 1.807) is 18.8 Å². The largest absolute Gasteiger partial charge is 0.443 e. The van der Waals surface area contributed by atoms with Crippen LogP contribution in [0.4, 0.5) is 13.2 Å². The van der Waals surface area contributed by atoms with Crippen molar-refractivity contribution in [3.8, 4) is 0 Å². The first kappa shape index (κ1) is 14.8. The van der Waals surface area contributed by atoms with Crippen molar-refractivity contribution in [1.82, 2.24) is 10.3 Å². The van der Waals surface area contributed by atoms with E-state index in [2.05, 4.69) is 24.1 Å². The Kier molecular flexibility index (Phi) is 5.27. The number of thioether (sulfide) groups is 1. The van der Waals surface area contributed by atoms with Gasteiger partial charge in [-0.2, -0.15) is 24.9 Å². The minimum absolute atomic E-state index is 0.0731. The lowest BCUT2D eigenvalue weighted by molar-refractivity contribution is -0.137. The van der Waals surface area contributed by atoms with Crippen LogP contribution in [-0.2, 0) is 6.18 Å². The molecule has 0 spiro atoms. The third kappa shape index (κ3) is 4.48. The summed E-state index contributed by atoms with van der Waals surface area (Å²) in [6.45, 7) is 4.12. The minimum atomic E-state index is -4.34. The van der Waals surface area contributed by atoms with E-state index < -0.39 is 11.2 Å². The van der Waals surface area contributed by atoms with Crippen LogP contribution in [0.25, 0.3) is 0 Å². The molecule has 2 nitrogen and oxygen atoms in total. The van der Waals surface area contributed by atoms with Gasteiger partial charge in [-0.15, -0.1) is 11.3 Å². The van der Waals surface area contributed by atoms with Crippen LogP contribution in [0.15, 0.2) is 6.20 Å². The Morgan fingerprint density at radius 3 is 2.53 bits per heavy atom. The van der Waals surface area contributed by atoms with Crippen molar-refractivity contribution in [3.05, 3.63) is 16.1 Å². The number of hydrogen-bond acceptors (Lipinski definition) is 4. The van der Waals surface area contributed by atoms with Gasteiger partial charge in [0.05, 0.1) is 6.04 Å². The number of thiazole rings is 1. The van der Waals surface area contributed by atoms with Crippen molar-refractivity contribution in [2.45, 2.75) is 31.3 Å². The van der Waals surface area contributed by atoms with Gasteiger partial charge in [0.15, 0.2) is 5.01 Å². The summed E-state index contributed by atoms with van der Waals surface area (Å²) < 4.78 is 37.2. The zero-order valence-electron chi connectivity index (χ0n) is 9.84. The Morgan fingerprint density at radius 1 is 1.47 bits per heavy atom. The lowest BCUT2D eigenvalue weighted by Crippen LogP contribution is -2.18. The van der Waals surface area contributed by atoms with Crippen molar-refractivity contribution < 1.29 is 13.2 Å². The average molecular weight is 284 g/mol. The van der Waals surface area contributed by atoms with Crippen LogP contribution in [0.1, 0.15) is 29.8 Å². The maximum absolute atomic E-state index is 12.4. The second kappa shape index (κ2) is 6.06. The maximum atomic E-state index is 12.4. The fourth-order valence-corrected chi connectivity index (χ4v) is 3.10. The summed E-state index contributed by atoms with van der Waals surface area (Å²) in [7, 11) is 1.75. The van der Waals surface area contributed by atoms with Gasteiger partial charge in [-0.3, -0.25) is 0 Å². The van der Waals surface area contributed by atoms with E-state index in [0.717, 1.165) is 5.75 Å². The number of halogens is 3. The Bertz CT molecular complexity index is 350. The van der Waals surface area contributed by atoms with Crippen LogP contribution in [0, 0.1) is 0 Å². The van der Waals surface area contributed by atoms with Gasteiger partial charge in [0.1, 0.15) is 0 Å². The number of aromatic nitrogens is 1. The summed E-state index contributed by atoms with van der Waals surface area (Å²) in [5.74, 6) is 0.744. The molecule has 0 bridgehead atoms. The highest BCUT2D eigenvalue weighted by Crippen LogP contribution is 2.35. The molecule has 0 saturated heterocycles. The SMILES string of the molecule is CNC(CSC(C)C)c1cnc(C(F)(F)F)s1. The zero-order chi connectivity index (χ0) is 13.1. The fraction of sp³-hybridized carbons (Fsp3) is 0.700. The Balaban J connectivity index is 2.72. The van der Waals surface area contributed by atoms with E-state index >= 15 is 0 Å². The Labute approximate surface area is 107 Å². The highest BCUT2D eigenvalue weighted by atomic mass is 32.2. The minimum Gasteiger partial charge on any atom is -0.312 e. The van der Waals surface area contributed by atoms with Gasteiger partial charge in [0.2, 0.25) is 0 Å². The van der Waals surface area contributed by atoms with E-state index in [1.165, 1.54) is 6.20 Å². The molecule has 1 aromatic heterocycles. The summed E-state index contributed by atoms with van der Waals surface area (Å²) in [6.07, 6.45) is -3.03. The molecular formula is C10H15F3N2S2. The first-order chi connectivity index (χ1) is 7.84. The molecule has 0 aliphatic rings. The molecule has 0 aromatic carbocycles. The Hall–Kier alpha value is -0.270. The monoisotopic (exact) mass is 284 g/mol. The van der Waals surface area contributed by atoms with Crippen LogP contribution in [0.3, 0.4) is 0 Å². The fourth-order valence-electron chi connectivity index (χ4n) is 1.18. The predicted octanol–water partition coefficient (Wildman–Crippen LogP) is 3.56. The molecule has 1 heterocycles. The standard InChI is InChI=1S/C10H15F3N2S2/c1-6(2)16-5-7(14-3)8-4-15-9(17-8)10(11,12)13/h4,6-7,14H,5H2,1-3H3. The molecule has 7 heteroatoms. The molecule has 1 rings (SSSR count). The number of hydrogen-bond donors (Lipinski definition) is 1. The van der Waals surface area contributed by atoms with E-state index in [0.29, 0.717) is 21.5 Å². The molecule has 1 N–H and O–H groups in total. The molecule has 1 aromatic rings. The van der Waals surface area contributed by atoms with E-state index in [-0.39, 0.29) is 6.04 Å². The number of nitrogens with zero attached hydrogens (tertiary/aromatic N) is 1. The van der Waals surface area contributed by atoms with Gasteiger partial charge in [0.25, 0.3) is 0 Å². The molecule has 0 aliphatic heterocycles. The average Bonchev–Trinajstić information content (AvgIpc) is 2.67. The molecule has 0 fully saturated rings. The van der Waals surface area contributed by atoms with Crippen molar-refractivity contribution in [1.29, 1.82) is 0 Å². The predicted molar refractivity (Wildman–Crippen MR) is 66.5 cm³/mol. The smallest absolute Gasteiger partial charge is 0.312 e. The number of alkyl halides is 3. The van der Waals surface area contributed by atoms with Crippen molar-refractivity contribution in [2.24, 2.45) is 0 Å². The quantitative estimate of drug-likeness (QED) is 0.895. The lowest BCUT2D eigenvalue weighted by atomic mass is 10.3. The first-order valence-electron chi connectivity index (χ1n) is 5.16. The molecule has 1 unspecified atom stereocenters. The van der Waals surface area contributed by atoms with Gasteiger partial charge in [-0.1, -0.05) is 13.8 Å².